The molecule has 0 aliphatic carbocycles. The minimum atomic E-state index is 0.844. The fraction of sp³-hybridized carbons (Fsp3) is 0.647. The van der Waals surface area contributed by atoms with Crippen molar-refractivity contribution < 1.29 is 0 Å². The van der Waals surface area contributed by atoms with E-state index in [9.17, 15) is 0 Å². The lowest BCUT2D eigenvalue weighted by molar-refractivity contribution is 0.122. The van der Waals surface area contributed by atoms with Gasteiger partial charge in [-0.15, -0.1) is 0 Å². The van der Waals surface area contributed by atoms with Crippen LogP contribution in [0.2, 0.25) is 0 Å². The predicted molar refractivity (Wildman–Crippen MR) is 90.4 cm³/mol. The fourth-order valence-electron chi connectivity index (χ4n) is 2.75. The van der Waals surface area contributed by atoms with Gasteiger partial charge in [-0.25, -0.2) is 0 Å². The third-order valence-electron chi connectivity index (χ3n) is 4.25. The summed E-state index contributed by atoms with van der Waals surface area (Å²) < 4.78 is 0. The van der Waals surface area contributed by atoms with Crippen molar-refractivity contribution >= 4 is 15.9 Å². The number of benzene rings is 1. The average molecular weight is 339 g/mol. The molecule has 112 valence electrons. The van der Waals surface area contributed by atoms with Crippen molar-refractivity contribution in [2.75, 3.05) is 38.1 Å². The van der Waals surface area contributed by atoms with E-state index in [-0.39, 0.29) is 0 Å². The topological polar surface area (TPSA) is 6.48 Å². The quantitative estimate of drug-likeness (QED) is 0.700. The van der Waals surface area contributed by atoms with Crippen LogP contribution in [0.4, 0.5) is 0 Å². The van der Waals surface area contributed by atoms with E-state index in [1.807, 2.05) is 0 Å². The Morgan fingerprint density at radius 3 is 2.30 bits per heavy atom. The van der Waals surface area contributed by atoms with Crippen LogP contribution >= 0.6 is 15.9 Å². The molecule has 2 nitrogen and oxygen atoms in total. The summed E-state index contributed by atoms with van der Waals surface area (Å²) in [6.07, 6.45) is 2.64. The highest BCUT2D eigenvalue weighted by Gasteiger charge is 2.17. The Hall–Kier alpha value is -0.380. The number of rotatable bonds is 7. The number of piperazine rings is 1. The number of halogens is 1. The van der Waals surface area contributed by atoms with Crippen molar-refractivity contribution in [3.63, 3.8) is 0 Å². The summed E-state index contributed by atoms with van der Waals surface area (Å²) in [5, 5.41) is 1.14. The molecule has 1 heterocycles. The Bertz CT molecular complexity index is 361. The van der Waals surface area contributed by atoms with Gasteiger partial charge in [-0.1, -0.05) is 53.2 Å². The summed E-state index contributed by atoms with van der Waals surface area (Å²) in [6.45, 7) is 9.63. The van der Waals surface area contributed by atoms with E-state index in [2.05, 4.69) is 63.0 Å². The molecule has 1 unspecified atom stereocenters. The molecule has 1 fully saturated rings. The molecule has 1 aromatic rings. The Morgan fingerprint density at radius 2 is 1.65 bits per heavy atom. The lowest BCUT2D eigenvalue weighted by Crippen LogP contribution is -2.46. The maximum absolute atomic E-state index is 3.54. The molecule has 1 aliphatic rings. The third kappa shape index (κ3) is 5.55. The molecule has 1 atom stereocenters. The van der Waals surface area contributed by atoms with Crippen LogP contribution in [0.1, 0.15) is 25.3 Å². The molecule has 0 amide bonds. The molecule has 0 aromatic heterocycles. The molecule has 0 saturated carbocycles. The zero-order valence-corrected chi connectivity index (χ0v) is 14.2. The largest absolute Gasteiger partial charge is 0.301 e. The minimum Gasteiger partial charge on any atom is -0.301 e. The maximum atomic E-state index is 3.54. The van der Waals surface area contributed by atoms with Crippen LogP contribution in [0, 0.1) is 5.92 Å². The van der Waals surface area contributed by atoms with E-state index in [0.717, 1.165) is 17.8 Å². The molecule has 0 radical (unpaired) electrons. The van der Waals surface area contributed by atoms with E-state index >= 15 is 0 Å². The van der Waals surface area contributed by atoms with Crippen molar-refractivity contribution in [3.8, 4) is 0 Å². The van der Waals surface area contributed by atoms with Crippen LogP contribution in [0.25, 0.3) is 0 Å². The molecule has 1 aliphatic heterocycles. The summed E-state index contributed by atoms with van der Waals surface area (Å²) in [6, 6.07) is 10.8. The van der Waals surface area contributed by atoms with Crippen molar-refractivity contribution in [3.05, 3.63) is 35.9 Å². The number of hydrogen-bond acceptors (Lipinski definition) is 2. The van der Waals surface area contributed by atoms with Gasteiger partial charge in [-0.2, -0.15) is 0 Å². The van der Waals surface area contributed by atoms with Gasteiger partial charge in [0.2, 0.25) is 0 Å². The summed E-state index contributed by atoms with van der Waals surface area (Å²) >= 11 is 3.54. The molecule has 1 aromatic carbocycles. The summed E-state index contributed by atoms with van der Waals surface area (Å²) in [5.41, 5.74) is 1.44. The lowest BCUT2D eigenvalue weighted by Gasteiger charge is -2.35. The SMILES string of the molecule is CC(CCBr)CCN1CCN(Cc2ccccc2)CC1. The molecule has 3 heteroatoms. The predicted octanol–water partition coefficient (Wildman–Crippen LogP) is 3.62. The van der Waals surface area contributed by atoms with Gasteiger partial charge < -0.3 is 4.90 Å². The van der Waals surface area contributed by atoms with E-state index in [4.69, 9.17) is 0 Å². The van der Waals surface area contributed by atoms with Crippen LogP contribution in [0.15, 0.2) is 30.3 Å². The smallest absolute Gasteiger partial charge is 0.0234 e. The fourth-order valence-corrected chi connectivity index (χ4v) is 3.53. The van der Waals surface area contributed by atoms with Gasteiger partial charge in [0.25, 0.3) is 0 Å². The molecular weight excluding hydrogens is 312 g/mol. The molecule has 20 heavy (non-hydrogen) atoms. The molecular formula is C17H27BrN2. The Kier molecular flexibility index (Phi) is 7.05. The first-order chi connectivity index (χ1) is 9.78. The van der Waals surface area contributed by atoms with Crippen LogP contribution in [0.3, 0.4) is 0 Å². The average Bonchev–Trinajstić information content (AvgIpc) is 2.48. The van der Waals surface area contributed by atoms with E-state index in [0.29, 0.717) is 0 Å². The number of nitrogens with zero attached hydrogens (tertiary/aromatic N) is 2. The summed E-state index contributed by atoms with van der Waals surface area (Å²) in [4.78, 5) is 5.21. The van der Waals surface area contributed by atoms with Gasteiger partial charge in [-0.05, 0) is 30.9 Å². The van der Waals surface area contributed by atoms with Crippen molar-refractivity contribution in [2.45, 2.75) is 26.3 Å². The molecule has 1 saturated heterocycles. The zero-order valence-electron chi connectivity index (χ0n) is 12.6. The van der Waals surface area contributed by atoms with Gasteiger partial charge >= 0.3 is 0 Å². The van der Waals surface area contributed by atoms with Crippen molar-refractivity contribution in [2.24, 2.45) is 5.92 Å². The number of alkyl halides is 1. The Balaban J connectivity index is 1.65. The second kappa shape index (κ2) is 8.81. The number of hydrogen-bond donors (Lipinski definition) is 0. The van der Waals surface area contributed by atoms with Crippen molar-refractivity contribution in [1.82, 2.24) is 9.80 Å². The van der Waals surface area contributed by atoms with Gasteiger partial charge in [0.15, 0.2) is 0 Å². The lowest BCUT2D eigenvalue weighted by atomic mass is 10.0. The van der Waals surface area contributed by atoms with Crippen LogP contribution in [-0.4, -0.2) is 47.9 Å². The Morgan fingerprint density at radius 1 is 1.00 bits per heavy atom. The van der Waals surface area contributed by atoms with E-state index < -0.39 is 0 Å². The molecule has 0 spiro atoms. The van der Waals surface area contributed by atoms with Crippen LogP contribution in [-0.2, 0) is 6.54 Å². The maximum Gasteiger partial charge on any atom is 0.0234 e. The monoisotopic (exact) mass is 338 g/mol. The first-order valence-corrected chi connectivity index (χ1v) is 8.94. The second-order valence-electron chi connectivity index (χ2n) is 5.97. The highest BCUT2D eigenvalue weighted by atomic mass is 79.9. The Labute approximate surface area is 132 Å². The van der Waals surface area contributed by atoms with Crippen LogP contribution < -0.4 is 0 Å². The van der Waals surface area contributed by atoms with E-state index in [1.165, 1.54) is 51.1 Å². The van der Waals surface area contributed by atoms with Crippen LogP contribution in [0.5, 0.6) is 0 Å². The standard InChI is InChI=1S/C17H27BrN2/c1-16(7-9-18)8-10-19-11-13-20(14-12-19)15-17-5-3-2-4-6-17/h2-6,16H,7-15H2,1H3. The molecule has 2 rings (SSSR count). The summed E-state index contributed by atoms with van der Waals surface area (Å²) in [5.74, 6) is 0.844. The minimum absolute atomic E-state index is 0.844. The highest BCUT2D eigenvalue weighted by Crippen LogP contribution is 2.12. The molecule has 0 N–H and O–H groups in total. The summed E-state index contributed by atoms with van der Waals surface area (Å²) in [7, 11) is 0. The van der Waals surface area contributed by atoms with Gasteiger partial charge in [0.05, 0.1) is 0 Å². The van der Waals surface area contributed by atoms with Gasteiger partial charge in [0.1, 0.15) is 0 Å². The third-order valence-corrected chi connectivity index (χ3v) is 4.71. The zero-order chi connectivity index (χ0) is 14.2. The highest BCUT2D eigenvalue weighted by molar-refractivity contribution is 9.09. The first-order valence-electron chi connectivity index (χ1n) is 7.82. The van der Waals surface area contributed by atoms with E-state index in [1.54, 1.807) is 0 Å². The van der Waals surface area contributed by atoms with Gasteiger partial charge in [-0.3, -0.25) is 4.90 Å². The molecule has 0 bridgehead atoms. The van der Waals surface area contributed by atoms with Gasteiger partial charge in [0, 0.05) is 38.1 Å². The normalized spacial score (nSPS) is 19.1. The first kappa shape index (κ1) is 16.0. The van der Waals surface area contributed by atoms with Crippen molar-refractivity contribution in [1.29, 1.82) is 0 Å². The second-order valence-corrected chi connectivity index (χ2v) is 6.77.